The molecule has 0 rings (SSSR count). The van der Waals surface area contributed by atoms with E-state index in [1.165, 1.54) is 70.6 Å². The smallest absolute Gasteiger partial charge is 0.306 e. The van der Waals surface area contributed by atoms with Gasteiger partial charge in [-0.1, -0.05) is 136 Å². The van der Waals surface area contributed by atoms with E-state index in [1.807, 2.05) is 0 Å². The van der Waals surface area contributed by atoms with Gasteiger partial charge in [-0.15, -0.1) is 0 Å². The Labute approximate surface area is 259 Å². The maximum Gasteiger partial charge on any atom is 0.306 e. The van der Waals surface area contributed by atoms with E-state index in [0.717, 1.165) is 70.6 Å². The Bertz CT molecular complexity index is 659. The van der Waals surface area contributed by atoms with Crippen LogP contribution < -0.4 is 0 Å². The van der Waals surface area contributed by atoms with Crippen molar-refractivity contribution in [3.8, 4) is 0 Å². The highest BCUT2D eigenvalue weighted by atomic mass is 16.6. The monoisotopic (exact) mass is 594 g/mol. The van der Waals surface area contributed by atoms with E-state index in [-0.39, 0.29) is 31.1 Å². The molecule has 0 aromatic heterocycles. The summed E-state index contributed by atoms with van der Waals surface area (Å²) in [4.78, 5) is 37.0. The van der Waals surface area contributed by atoms with Crippen molar-refractivity contribution < 1.29 is 28.6 Å². The molecular formula is C36H66O6. The summed E-state index contributed by atoms with van der Waals surface area (Å²) in [6.07, 6.45) is 29.3. The first-order valence-corrected chi connectivity index (χ1v) is 17.7. The van der Waals surface area contributed by atoms with Crippen LogP contribution >= 0.6 is 0 Å². The molecule has 6 nitrogen and oxygen atoms in total. The SMILES string of the molecule is CCC/C=C\CCCCCCCC(=O)OCC(COC(=O)CCCCCCCC)OC(=O)CCCCCCCCCC. The van der Waals surface area contributed by atoms with Crippen LogP contribution in [0.15, 0.2) is 12.2 Å². The van der Waals surface area contributed by atoms with Gasteiger partial charge in [-0.25, -0.2) is 0 Å². The highest BCUT2D eigenvalue weighted by molar-refractivity contribution is 5.71. The maximum absolute atomic E-state index is 12.5. The molecule has 0 fully saturated rings. The molecule has 1 unspecified atom stereocenters. The lowest BCUT2D eigenvalue weighted by atomic mass is 10.1. The summed E-state index contributed by atoms with van der Waals surface area (Å²) in [5, 5.41) is 0. The zero-order valence-electron chi connectivity index (χ0n) is 27.8. The van der Waals surface area contributed by atoms with Crippen LogP contribution in [0.3, 0.4) is 0 Å². The lowest BCUT2D eigenvalue weighted by molar-refractivity contribution is -0.167. The number of rotatable bonds is 31. The highest BCUT2D eigenvalue weighted by Gasteiger charge is 2.19. The lowest BCUT2D eigenvalue weighted by Gasteiger charge is -2.18. The molecule has 0 radical (unpaired) electrons. The number of esters is 3. The van der Waals surface area contributed by atoms with Gasteiger partial charge in [-0.3, -0.25) is 14.4 Å². The van der Waals surface area contributed by atoms with Gasteiger partial charge < -0.3 is 14.2 Å². The van der Waals surface area contributed by atoms with Crippen molar-refractivity contribution in [1.29, 1.82) is 0 Å². The third kappa shape index (κ3) is 29.6. The Morgan fingerprint density at radius 2 is 0.833 bits per heavy atom. The van der Waals surface area contributed by atoms with Crippen molar-refractivity contribution in [3.05, 3.63) is 12.2 Å². The molecule has 0 aliphatic rings. The fraction of sp³-hybridized carbons (Fsp3) is 0.861. The molecule has 0 saturated heterocycles. The van der Waals surface area contributed by atoms with Gasteiger partial charge in [0, 0.05) is 19.3 Å². The Morgan fingerprint density at radius 3 is 1.29 bits per heavy atom. The lowest BCUT2D eigenvalue weighted by Crippen LogP contribution is -2.30. The molecule has 0 saturated carbocycles. The zero-order chi connectivity index (χ0) is 30.9. The Balaban J connectivity index is 4.35. The van der Waals surface area contributed by atoms with E-state index in [2.05, 4.69) is 32.9 Å². The molecule has 0 aliphatic heterocycles. The van der Waals surface area contributed by atoms with Crippen LogP contribution in [0.5, 0.6) is 0 Å². The number of carbonyl (C=O) groups is 3. The molecule has 0 aliphatic carbocycles. The second-order valence-electron chi connectivity index (χ2n) is 11.8. The quantitative estimate of drug-likeness (QED) is 0.0344. The largest absolute Gasteiger partial charge is 0.462 e. The van der Waals surface area contributed by atoms with Gasteiger partial charge in [0.15, 0.2) is 6.10 Å². The van der Waals surface area contributed by atoms with Gasteiger partial charge in [0.25, 0.3) is 0 Å². The summed E-state index contributed by atoms with van der Waals surface area (Å²) in [5.41, 5.74) is 0. The summed E-state index contributed by atoms with van der Waals surface area (Å²) in [7, 11) is 0. The third-order valence-corrected chi connectivity index (χ3v) is 7.50. The molecule has 0 aromatic carbocycles. The molecule has 42 heavy (non-hydrogen) atoms. The van der Waals surface area contributed by atoms with Crippen molar-refractivity contribution in [1.82, 2.24) is 0 Å². The molecule has 0 amide bonds. The van der Waals surface area contributed by atoms with Gasteiger partial charge in [-0.05, 0) is 38.5 Å². The van der Waals surface area contributed by atoms with E-state index >= 15 is 0 Å². The molecule has 1 atom stereocenters. The number of hydrogen-bond acceptors (Lipinski definition) is 6. The van der Waals surface area contributed by atoms with Crippen molar-refractivity contribution in [2.45, 2.75) is 187 Å². The minimum Gasteiger partial charge on any atom is -0.462 e. The van der Waals surface area contributed by atoms with E-state index in [9.17, 15) is 14.4 Å². The molecule has 0 spiro atoms. The van der Waals surface area contributed by atoms with Crippen LogP contribution in [0.2, 0.25) is 0 Å². The Hall–Kier alpha value is -1.85. The van der Waals surface area contributed by atoms with E-state index in [1.54, 1.807) is 0 Å². The van der Waals surface area contributed by atoms with E-state index < -0.39 is 6.10 Å². The summed E-state index contributed by atoms with van der Waals surface area (Å²) in [6.45, 7) is 6.44. The summed E-state index contributed by atoms with van der Waals surface area (Å²) < 4.78 is 16.4. The van der Waals surface area contributed by atoms with Crippen molar-refractivity contribution in [3.63, 3.8) is 0 Å². The van der Waals surface area contributed by atoms with E-state index in [4.69, 9.17) is 14.2 Å². The van der Waals surface area contributed by atoms with Crippen molar-refractivity contribution in [2.24, 2.45) is 0 Å². The van der Waals surface area contributed by atoms with Gasteiger partial charge in [0.1, 0.15) is 13.2 Å². The second-order valence-corrected chi connectivity index (χ2v) is 11.8. The minimum atomic E-state index is -0.759. The number of unbranched alkanes of at least 4 members (excludes halogenated alkanes) is 18. The maximum atomic E-state index is 12.5. The topological polar surface area (TPSA) is 78.9 Å². The van der Waals surface area contributed by atoms with Gasteiger partial charge in [0.2, 0.25) is 0 Å². The standard InChI is InChI=1S/C36H66O6/c1-4-7-10-13-16-18-19-21-23-26-29-35(38)41-32-33(31-40-34(37)28-25-22-15-12-9-6-3)42-36(39)30-27-24-20-17-14-11-8-5-2/h10,13,33H,4-9,11-12,14-32H2,1-3H3/b13-10-. The van der Waals surface area contributed by atoms with Gasteiger partial charge in [0.05, 0.1) is 0 Å². The van der Waals surface area contributed by atoms with Crippen LogP contribution in [0, 0.1) is 0 Å². The first-order chi connectivity index (χ1) is 20.5. The highest BCUT2D eigenvalue weighted by Crippen LogP contribution is 2.13. The minimum absolute atomic E-state index is 0.0716. The Morgan fingerprint density at radius 1 is 0.452 bits per heavy atom. The number of hydrogen-bond donors (Lipinski definition) is 0. The zero-order valence-corrected chi connectivity index (χ0v) is 27.8. The number of allylic oxidation sites excluding steroid dienone is 2. The average molecular weight is 595 g/mol. The summed E-state index contributed by atoms with van der Waals surface area (Å²) in [6, 6.07) is 0. The Kier molecular flexibility index (Phi) is 30.7. The van der Waals surface area contributed by atoms with Crippen LogP contribution in [0.25, 0.3) is 0 Å². The normalized spacial score (nSPS) is 12.0. The second kappa shape index (κ2) is 32.1. The third-order valence-electron chi connectivity index (χ3n) is 7.50. The fourth-order valence-electron chi connectivity index (χ4n) is 4.79. The molecule has 246 valence electrons. The first-order valence-electron chi connectivity index (χ1n) is 17.7. The predicted octanol–water partition coefficient (Wildman–Crippen LogP) is 10.4. The van der Waals surface area contributed by atoms with Crippen LogP contribution in [0.1, 0.15) is 181 Å². The number of ether oxygens (including phenoxy) is 3. The van der Waals surface area contributed by atoms with E-state index in [0.29, 0.717) is 19.3 Å². The number of carbonyl (C=O) groups excluding carboxylic acids is 3. The van der Waals surface area contributed by atoms with Gasteiger partial charge in [-0.2, -0.15) is 0 Å². The molecular weight excluding hydrogens is 528 g/mol. The van der Waals surface area contributed by atoms with Gasteiger partial charge >= 0.3 is 17.9 Å². The molecule has 0 N–H and O–H groups in total. The van der Waals surface area contributed by atoms with Crippen molar-refractivity contribution in [2.75, 3.05) is 13.2 Å². The van der Waals surface area contributed by atoms with Crippen LogP contribution in [0.4, 0.5) is 0 Å². The summed E-state index contributed by atoms with van der Waals surface area (Å²) >= 11 is 0. The predicted molar refractivity (Wildman–Crippen MR) is 173 cm³/mol. The molecule has 0 bridgehead atoms. The summed E-state index contributed by atoms with van der Waals surface area (Å²) in [5.74, 6) is -0.902. The van der Waals surface area contributed by atoms with Crippen LogP contribution in [-0.2, 0) is 28.6 Å². The molecule has 6 heteroatoms. The molecule has 0 heterocycles. The van der Waals surface area contributed by atoms with Crippen molar-refractivity contribution >= 4 is 17.9 Å². The van der Waals surface area contributed by atoms with Crippen LogP contribution in [-0.4, -0.2) is 37.2 Å². The first kappa shape index (κ1) is 40.1. The molecule has 0 aromatic rings. The fourth-order valence-corrected chi connectivity index (χ4v) is 4.79. The average Bonchev–Trinajstić information content (AvgIpc) is 2.98.